The lowest BCUT2D eigenvalue weighted by molar-refractivity contribution is 1.02. The number of fused-ring (bicyclic) bond motifs is 6. The maximum absolute atomic E-state index is 2.33. The third-order valence-corrected chi connectivity index (χ3v) is 4.76. The summed E-state index contributed by atoms with van der Waals surface area (Å²) in [6.07, 6.45) is 0. The number of nitrogens with zero attached hydrogens (tertiary/aromatic N) is 1. The largest absolute Gasteiger partial charge is 0.344 e. The van der Waals surface area contributed by atoms with Gasteiger partial charge < -0.3 is 4.57 Å². The standard InChI is InChI=1S/C21H15N.2C2H6/c1-22-19-11-10-14-6-4-5-9-17(14)21(19)18-12-15-7-2-3-8-16(15)13-20(18)22;2*1-2/h2-13H,1H3;2*1-2H3. The summed E-state index contributed by atoms with van der Waals surface area (Å²) in [6, 6.07) is 26.3. The van der Waals surface area contributed by atoms with Gasteiger partial charge in [-0.05, 0) is 39.7 Å². The van der Waals surface area contributed by atoms with Crippen LogP contribution in [0, 0.1) is 0 Å². The molecule has 0 aliphatic rings. The Hall–Kier alpha value is -2.80. The molecule has 0 bridgehead atoms. The van der Waals surface area contributed by atoms with E-state index in [0.717, 1.165) is 0 Å². The molecule has 0 N–H and O–H groups in total. The van der Waals surface area contributed by atoms with Crippen molar-refractivity contribution >= 4 is 43.4 Å². The van der Waals surface area contributed by atoms with Crippen LogP contribution in [0.25, 0.3) is 43.4 Å². The Kier molecular flexibility index (Phi) is 5.27. The molecule has 1 nitrogen and oxygen atoms in total. The fraction of sp³-hybridized carbons (Fsp3) is 0.200. The molecule has 1 heteroatoms. The number of aryl methyl sites for hydroxylation is 1. The second-order valence-corrected chi connectivity index (χ2v) is 5.96. The van der Waals surface area contributed by atoms with Crippen LogP contribution in [-0.4, -0.2) is 4.57 Å². The van der Waals surface area contributed by atoms with Crippen molar-refractivity contribution in [2.45, 2.75) is 27.7 Å². The Morgan fingerprint density at radius 1 is 0.538 bits per heavy atom. The predicted molar refractivity (Wildman–Crippen MR) is 118 cm³/mol. The van der Waals surface area contributed by atoms with Gasteiger partial charge in [0, 0.05) is 28.9 Å². The number of hydrogen-bond donors (Lipinski definition) is 0. The summed E-state index contributed by atoms with van der Waals surface area (Å²) in [7, 11) is 2.16. The summed E-state index contributed by atoms with van der Waals surface area (Å²) >= 11 is 0. The molecule has 132 valence electrons. The summed E-state index contributed by atoms with van der Waals surface area (Å²) in [6.45, 7) is 8.00. The zero-order valence-corrected chi connectivity index (χ0v) is 16.4. The predicted octanol–water partition coefficient (Wildman–Crippen LogP) is 7.69. The van der Waals surface area contributed by atoms with Crippen LogP contribution >= 0.6 is 0 Å². The molecular formula is C25H27N. The molecule has 0 spiro atoms. The fourth-order valence-corrected chi connectivity index (χ4v) is 3.66. The molecule has 0 radical (unpaired) electrons. The molecule has 1 aromatic heterocycles. The van der Waals surface area contributed by atoms with E-state index in [0.29, 0.717) is 0 Å². The van der Waals surface area contributed by atoms with Crippen molar-refractivity contribution in [2.75, 3.05) is 0 Å². The molecule has 0 atom stereocenters. The normalized spacial score (nSPS) is 10.5. The van der Waals surface area contributed by atoms with Crippen molar-refractivity contribution in [3.05, 3.63) is 72.8 Å². The van der Waals surface area contributed by atoms with E-state index >= 15 is 0 Å². The Balaban J connectivity index is 0.000000461. The van der Waals surface area contributed by atoms with E-state index < -0.39 is 0 Å². The summed E-state index contributed by atoms with van der Waals surface area (Å²) < 4.78 is 2.31. The highest BCUT2D eigenvalue weighted by Crippen LogP contribution is 2.36. The lowest BCUT2D eigenvalue weighted by Crippen LogP contribution is -1.86. The molecule has 0 aliphatic carbocycles. The highest BCUT2D eigenvalue weighted by Gasteiger charge is 2.11. The Morgan fingerprint density at radius 2 is 1.12 bits per heavy atom. The van der Waals surface area contributed by atoms with E-state index in [1.165, 1.54) is 43.4 Å². The van der Waals surface area contributed by atoms with Gasteiger partial charge in [-0.25, -0.2) is 0 Å². The van der Waals surface area contributed by atoms with Gasteiger partial charge in [-0.3, -0.25) is 0 Å². The van der Waals surface area contributed by atoms with Crippen LogP contribution in [0.5, 0.6) is 0 Å². The van der Waals surface area contributed by atoms with Crippen LogP contribution in [0.1, 0.15) is 27.7 Å². The summed E-state index contributed by atoms with van der Waals surface area (Å²) in [5.74, 6) is 0. The Bertz CT molecular complexity index is 1180. The lowest BCUT2D eigenvalue weighted by Gasteiger charge is -2.01. The van der Waals surface area contributed by atoms with Gasteiger partial charge in [-0.1, -0.05) is 82.3 Å². The zero-order chi connectivity index (χ0) is 18.7. The van der Waals surface area contributed by atoms with Crippen molar-refractivity contribution in [3.63, 3.8) is 0 Å². The van der Waals surface area contributed by atoms with Crippen molar-refractivity contribution in [2.24, 2.45) is 7.05 Å². The van der Waals surface area contributed by atoms with Gasteiger partial charge in [0.25, 0.3) is 0 Å². The molecule has 4 aromatic carbocycles. The average Bonchev–Trinajstić information content (AvgIpc) is 3.01. The number of aromatic nitrogens is 1. The first-order valence-electron chi connectivity index (χ1n) is 9.61. The van der Waals surface area contributed by atoms with Crippen LogP contribution < -0.4 is 0 Å². The number of benzene rings is 4. The minimum Gasteiger partial charge on any atom is -0.344 e. The first-order valence-corrected chi connectivity index (χ1v) is 9.61. The van der Waals surface area contributed by atoms with E-state index in [1.54, 1.807) is 0 Å². The minimum absolute atomic E-state index is 1.30. The molecule has 5 aromatic rings. The van der Waals surface area contributed by atoms with E-state index in [9.17, 15) is 0 Å². The van der Waals surface area contributed by atoms with Crippen molar-refractivity contribution < 1.29 is 0 Å². The maximum Gasteiger partial charge on any atom is 0.0495 e. The van der Waals surface area contributed by atoms with Gasteiger partial charge >= 0.3 is 0 Å². The summed E-state index contributed by atoms with van der Waals surface area (Å²) in [4.78, 5) is 0. The molecule has 0 amide bonds. The molecule has 0 fully saturated rings. The average molecular weight is 341 g/mol. The monoisotopic (exact) mass is 341 g/mol. The zero-order valence-electron chi connectivity index (χ0n) is 16.4. The molecule has 26 heavy (non-hydrogen) atoms. The van der Waals surface area contributed by atoms with Gasteiger partial charge in [-0.2, -0.15) is 0 Å². The molecule has 0 saturated heterocycles. The van der Waals surface area contributed by atoms with Gasteiger partial charge in [0.05, 0.1) is 0 Å². The van der Waals surface area contributed by atoms with E-state index in [1.807, 2.05) is 27.7 Å². The second-order valence-electron chi connectivity index (χ2n) is 5.96. The molecule has 5 rings (SSSR count). The van der Waals surface area contributed by atoms with Crippen LogP contribution in [-0.2, 0) is 7.05 Å². The SMILES string of the molecule is CC.CC.Cn1c2cc3ccccc3cc2c2c3ccccc3ccc21. The molecule has 0 unspecified atom stereocenters. The maximum atomic E-state index is 2.33. The van der Waals surface area contributed by atoms with E-state index in [-0.39, 0.29) is 0 Å². The van der Waals surface area contributed by atoms with Crippen LogP contribution in [0.3, 0.4) is 0 Å². The van der Waals surface area contributed by atoms with E-state index in [2.05, 4.69) is 84.4 Å². The molecular weight excluding hydrogens is 314 g/mol. The van der Waals surface area contributed by atoms with Gasteiger partial charge in [0.1, 0.15) is 0 Å². The van der Waals surface area contributed by atoms with Crippen LogP contribution in [0.15, 0.2) is 72.8 Å². The first kappa shape index (κ1) is 18.0. The second kappa shape index (κ2) is 7.61. The number of rotatable bonds is 0. The van der Waals surface area contributed by atoms with Gasteiger partial charge in [0.2, 0.25) is 0 Å². The Labute approximate surface area is 155 Å². The highest BCUT2D eigenvalue weighted by molar-refractivity contribution is 6.22. The third kappa shape index (κ3) is 2.74. The van der Waals surface area contributed by atoms with Crippen LogP contribution in [0.2, 0.25) is 0 Å². The fourth-order valence-electron chi connectivity index (χ4n) is 3.66. The molecule has 0 saturated carbocycles. The van der Waals surface area contributed by atoms with Crippen molar-refractivity contribution in [1.82, 2.24) is 4.57 Å². The summed E-state index contributed by atoms with van der Waals surface area (Å²) in [5, 5.41) is 7.94. The quantitative estimate of drug-likeness (QED) is 0.272. The van der Waals surface area contributed by atoms with Crippen molar-refractivity contribution in [3.8, 4) is 0 Å². The minimum atomic E-state index is 1.30. The Morgan fingerprint density at radius 3 is 1.81 bits per heavy atom. The molecule has 0 aliphatic heterocycles. The third-order valence-electron chi connectivity index (χ3n) is 4.76. The van der Waals surface area contributed by atoms with Crippen molar-refractivity contribution in [1.29, 1.82) is 0 Å². The summed E-state index contributed by atoms with van der Waals surface area (Å²) in [5.41, 5.74) is 2.59. The number of hydrogen-bond acceptors (Lipinski definition) is 0. The van der Waals surface area contributed by atoms with Gasteiger partial charge in [0.15, 0.2) is 0 Å². The van der Waals surface area contributed by atoms with Crippen LogP contribution in [0.4, 0.5) is 0 Å². The first-order chi connectivity index (χ1) is 12.8. The molecule has 1 heterocycles. The van der Waals surface area contributed by atoms with E-state index in [4.69, 9.17) is 0 Å². The highest BCUT2D eigenvalue weighted by atomic mass is 14.9. The van der Waals surface area contributed by atoms with Gasteiger partial charge in [-0.15, -0.1) is 0 Å². The lowest BCUT2D eigenvalue weighted by atomic mass is 10.0. The smallest absolute Gasteiger partial charge is 0.0495 e. The topological polar surface area (TPSA) is 4.93 Å².